The van der Waals surface area contributed by atoms with Crippen LogP contribution >= 0.6 is 0 Å². The largest absolute Gasteiger partial charge is 0.481 e. The van der Waals surface area contributed by atoms with Gasteiger partial charge in [0, 0.05) is 26.2 Å². The average Bonchev–Trinajstić information content (AvgIpc) is 2.74. The summed E-state index contributed by atoms with van der Waals surface area (Å²) in [6.45, 7) is 11.0. The van der Waals surface area contributed by atoms with Gasteiger partial charge in [-0.05, 0) is 54.7 Å². The van der Waals surface area contributed by atoms with Gasteiger partial charge < -0.3 is 14.8 Å². The molecule has 2 aromatic rings. The standard InChI is InChI=1S/C24H32N2O3/c1-4-23(29-22-9-8-18(2)19(3)14-22)24(27)25-16-20-6-5-7-21(15-20)17-26-10-12-28-13-11-26/h5-9,14-15,23H,4,10-13,16-17H2,1-3H3,(H,25,27)/t23-/m1/s1. The Hall–Kier alpha value is -2.37. The minimum atomic E-state index is -0.492. The van der Waals surface area contributed by atoms with E-state index in [0.717, 1.165) is 49.7 Å². The molecule has 0 unspecified atom stereocenters. The number of benzene rings is 2. The molecule has 156 valence electrons. The van der Waals surface area contributed by atoms with Gasteiger partial charge in [-0.1, -0.05) is 37.3 Å². The maximum Gasteiger partial charge on any atom is 0.261 e. The molecular formula is C24H32N2O3. The van der Waals surface area contributed by atoms with Crippen molar-refractivity contribution in [3.63, 3.8) is 0 Å². The van der Waals surface area contributed by atoms with E-state index in [9.17, 15) is 4.79 Å². The first kappa shape index (κ1) is 21.3. The van der Waals surface area contributed by atoms with Crippen molar-refractivity contribution in [3.05, 3.63) is 64.7 Å². The molecule has 5 nitrogen and oxygen atoms in total. The summed E-state index contributed by atoms with van der Waals surface area (Å²) in [5.41, 5.74) is 4.74. The van der Waals surface area contributed by atoms with Gasteiger partial charge in [0.2, 0.25) is 0 Å². The van der Waals surface area contributed by atoms with E-state index in [-0.39, 0.29) is 5.91 Å². The third kappa shape index (κ3) is 6.31. The monoisotopic (exact) mass is 396 g/mol. The number of amides is 1. The molecule has 1 atom stereocenters. The number of carbonyl (C=O) groups is 1. The van der Waals surface area contributed by atoms with E-state index in [2.05, 4.69) is 35.3 Å². The number of hydrogen-bond donors (Lipinski definition) is 1. The molecule has 2 aromatic carbocycles. The SMILES string of the molecule is CC[C@@H](Oc1ccc(C)c(C)c1)C(=O)NCc1cccc(CN2CCOCC2)c1. The molecule has 1 aliphatic heterocycles. The van der Waals surface area contributed by atoms with Crippen molar-refractivity contribution >= 4 is 5.91 Å². The quantitative estimate of drug-likeness (QED) is 0.741. The van der Waals surface area contributed by atoms with Crippen LogP contribution in [0.5, 0.6) is 5.75 Å². The van der Waals surface area contributed by atoms with Crippen molar-refractivity contribution in [1.29, 1.82) is 0 Å². The van der Waals surface area contributed by atoms with E-state index < -0.39 is 6.10 Å². The lowest BCUT2D eigenvalue weighted by atomic mass is 10.1. The highest BCUT2D eigenvalue weighted by Gasteiger charge is 2.18. The van der Waals surface area contributed by atoms with Crippen LogP contribution in [0.25, 0.3) is 0 Å². The van der Waals surface area contributed by atoms with Crippen molar-refractivity contribution in [2.45, 2.75) is 46.4 Å². The smallest absolute Gasteiger partial charge is 0.261 e. The van der Waals surface area contributed by atoms with Gasteiger partial charge >= 0.3 is 0 Å². The van der Waals surface area contributed by atoms with E-state index in [0.29, 0.717) is 13.0 Å². The molecule has 0 aromatic heterocycles. The number of rotatable bonds is 8. The molecule has 0 bridgehead atoms. The average molecular weight is 397 g/mol. The lowest BCUT2D eigenvalue weighted by Gasteiger charge is -2.26. The minimum Gasteiger partial charge on any atom is -0.481 e. The molecule has 1 aliphatic rings. The van der Waals surface area contributed by atoms with Crippen LogP contribution in [0.2, 0.25) is 0 Å². The molecule has 0 aliphatic carbocycles. The Morgan fingerprint density at radius 2 is 1.86 bits per heavy atom. The summed E-state index contributed by atoms with van der Waals surface area (Å²) >= 11 is 0. The van der Waals surface area contributed by atoms with Gasteiger partial charge in [-0.3, -0.25) is 9.69 Å². The normalized spacial score (nSPS) is 15.7. The summed E-state index contributed by atoms with van der Waals surface area (Å²) in [6, 6.07) is 14.3. The van der Waals surface area contributed by atoms with Crippen molar-refractivity contribution in [1.82, 2.24) is 10.2 Å². The molecule has 0 radical (unpaired) electrons. The Labute approximate surface area is 174 Å². The molecule has 5 heteroatoms. The Kier molecular flexibility index (Phi) is 7.67. The van der Waals surface area contributed by atoms with Crippen molar-refractivity contribution in [2.75, 3.05) is 26.3 Å². The van der Waals surface area contributed by atoms with Crippen LogP contribution in [-0.4, -0.2) is 43.2 Å². The third-order valence-electron chi connectivity index (χ3n) is 5.39. The zero-order chi connectivity index (χ0) is 20.6. The molecule has 29 heavy (non-hydrogen) atoms. The van der Waals surface area contributed by atoms with Crippen LogP contribution in [0.3, 0.4) is 0 Å². The predicted octanol–water partition coefficient (Wildman–Crippen LogP) is 3.61. The number of morpholine rings is 1. The number of nitrogens with one attached hydrogen (secondary N) is 1. The Morgan fingerprint density at radius 1 is 1.10 bits per heavy atom. The second kappa shape index (κ2) is 10.4. The highest BCUT2D eigenvalue weighted by atomic mass is 16.5. The van der Waals surface area contributed by atoms with Gasteiger partial charge in [0.05, 0.1) is 13.2 Å². The molecule has 0 saturated carbocycles. The Morgan fingerprint density at radius 3 is 2.59 bits per heavy atom. The molecule has 1 amide bonds. The van der Waals surface area contributed by atoms with Crippen LogP contribution < -0.4 is 10.1 Å². The molecule has 0 spiro atoms. The zero-order valence-electron chi connectivity index (χ0n) is 17.7. The fraction of sp³-hybridized carbons (Fsp3) is 0.458. The molecule has 1 fully saturated rings. The van der Waals surface area contributed by atoms with Gasteiger partial charge in [-0.25, -0.2) is 0 Å². The first-order chi connectivity index (χ1) is 14.0. The van der Waals surface area contributed by atoms with Gasteiger partial charge in [0.15, 0.2) is 6.10 Å². The first-order valence-electron chi connectivity index (χ1n) is 10.4. The maximum atomic E-state index is 12.6. The summed E-state index contributed by atoms with van der Waals surface area (Å²) in [5, 5.41) is 3.03. The molecule has 1 N–H and O–H groups in total. The topological polar surface area (TPSA) is 50.8 Å². The van der Waals surface area contributed by atoms with Crippen LogP contribution in [-0.2, 0) is 22.6 Å². The van der Waals surface area contributed by atoms with E-state index in [1.165, 1.54) is 11.1 Å². The van der Waals surface area contributed by atoms with Crippen LogP contribution in [0.1, 0.15) is 35.6 Å². The highest BCUT2D eigenvalue weighted by Crippen LogP contribution is 2.19. The summed E-state index contributed by atoms with van der Waals surface area (Å²) in [6.07, 6.45) is 0.129. The van der Waals surface area contributed by atoms with Crippen molar-refractivity contribution in [2.24, 2.45) is 0 Å². The molecule has 1 saturated heterocycles. The molecule has 1 heterocycles. The van der Waals surface area contributed by atoms with Crippen molar-refractivity contribution in [3.8, 4) is 5.75 Å². The Bertz CT molecular complexity index is 816. The second-order valence-electron chi connectivity index (χ2n) is 7.69. The van der Waals surface area contributed by atoms with Crippen LogP contribution in [0, 0.1) is 13.8 Å². The first-order valence-corrected chi connectivity index (χ1v) is 10.4. The lowest BCUT2D eigenvalue weighted by molar-refractivity contribution is -0.128. The Balaban J connectivity index is 1.54. The fourth-order valence-electron chi connectivity index (χ4n) is 3.43. The number of ether oxygens (including phenoxy) is 2. The summed E-state index contributed by atoms with van der Waals surface area (Å²) in [5.74, 6) is 0.659. The van der Waals surface area contributed by atoms with Gasteiger partial charge in [0.1, 0.15) is 5.75 Å². The lowest BCUT2D eigenvalue weighted by Crippen LogP contribution is -2.37. The number of nitrogens with zero attached hydrogens (tertiary/aromatic N) is 1. The summed E-state index contributed by atoms with van der Waals surface area (Å²) < 4.78 is 11.4. The van der Waals surface area contributed by atoms with Gasteiger partial charge in [-0.2, -0.15) is 0 Å². The van der Waals surface area contributed by atoms with E-state index in [1.807, 2.05) is 38.1 Å². The second-order valence-corrected chi connectivity index (χ2v) is 7.69. The maximum absolute atomic E-state index is 12.6. The fourth-order valence-corrected chi connectivity index (χ4v) is 3.43. The number of carbonyl (C=O) groups excluding carboxylic acids is 1. The van der Waals surface area contributed by atoms with Gasteiger partial charge in [0.25, 0.3) is 5.91 Å². The highest BCUT2D eigenvalue weighted by molar-refractivity contribution is 5.81. The van der Waals surface area contributed by atoms with E-state index >= 15 is 0 Å². The van der Waals surface area contributed by atoms with Crippen LogP contribution in [0.15, 0.2) is 42.5 Å². The molecule has 3 rings (SSSR count). The van der Waals surface area contributed by atoms with Gasteiger partial charge in [-0.15, -0.1) is 0 Å². The predicted molar refractivity (Wildman–Crippen MR) is 115 cm³/mol. The summed E-state index contributed by atoms with van der Waals surface area (Å²) in [4.78, 5) is 15.0. The number of aryl methyl sites for hydroxylation is 2. The minimum absolute atomic E-state index is 0.0793. The molecular weight excluding hydrogens is 364 g/mol. The number of hydrogen-bond acceptors (Lipinski definition) is 4. The van der Waals surface area contributed by atoms with E-state index in [1.54, 1.807) is 0 Å². The van der Waals surface area contributed by atoms with E-state index in [4.69, 9.17) is 9.47 Å². The van der Waals surface area contributed by atoms with Crippen molar-refractivity contribution < 1.29 is 14.3 Å². The zero-order valence-corrected chi connectivity index (χ0v) is 17.7. The third-order valence-corrected chi connectivity index (χ3v) is 5.39. The summed E-state index contributed by atoms with van der Waals surface area (Å²) in [7, 11) is 0. The van der Waals surface area contributed by atoms with Crippen LogP contribution in [0.4, 0.5) is 0 Å².